The van der Waals surface area contributed by atoms with Gasteiger partial charge in [-0.05, 0) is 37.3 Å². The van der Waals surface area contributed by atoms with Gasteiger partial charge in [-0.2, -0.15) is 0 Å². The van der Waals surface area contributed by atoms with E-state index in [1.165, 1.54) is 6.07 Å². The average Bonchev–Trinajstić information content (AvgIpc) is 2.98. The molecule has 0 radical (unpaired) electrons. The van der Waals surface area contributed by atoms with E-state index >= 15 is 0 Å². The number of nitrogens with zero attached hydrogens (tertiary/aromatic N) is 2. The van der Waals surface area contributed by atoms with Gasteiger partial charge in [-0.15, -0.1) is 0 Å². The lowest BCUT2D eigenvalue weighted by Gasteiger charge is -2.13. The molecule has 0 aliphatic rings. The average molecular weight is 377 g/mol. The van der Waals surface area contributed by atoms with Crippen molar-refractivity contribution in [3.63, 3.8) is 0 Å². The van der Waals surface area contributed by atoms with Crippen LogP contribution >= 0.6 is 11.6 Å². The van der Waals surface area contributed by atoms with Crippen LogP contribution in [-0.4, -0.2) is 18.4 Å². The molecular weight excluding hydrogens is 360 g/mol. The van der Waals surface area contributed by atoms with Gasteiger partial charge in [-0.1, -0.05) is 32.4 Å². The normalized spacial score (nSPS) is 13.6. The quantitative estimate of drug-likeness (QED) is 0.681. The zero-order valence-corrected chi connectivity index (χ0v) is 15.9. The minimum absolute atomic E-state index is 0.0585. The van der Waals surface area contributed by atoms with E-state index in [4.69, 9.17) is 16.0 Å². The lowest BCUT2D eigenvalue weighted by Crippen LogP contribution is -2.13. The summed E-state index contributed by atoms with van der Waals surface area (Å²) in [6.45, 7) is 7.38. The summed E-state index contributed by atoms with van der Waals surface area (Å²) in [6, 6.07) is 9.00. The third kappa shape index (κ3) is 3.10. The number of sulfone groups is 1. The number of oxazole rings is 1. The highest BCUT2D eigenvalue weighted by molar-refractivity contribution is 7.92. The predicted molar refractivity (Wildman–Crippen MR) is 95.2 cm³/mol. The second kappa shape index (κ2) is 6.01. The van der Waals surface area contributed by atoms with E-state index in [0.717, 1.165) is 0 Å². The van der Waals surface area contributed by atoms with E-state index < -0.39 is 15.1 Å². The van der Waals surface area contributed by atoms with Crippen LogP contribution in [0.5, 0.6) is 0 Å². The Bertz CT molecular complexity index is 1020. The maximum atomic E-state index is 13.2. The van der Waals surface area contributed by atoms with E-state index in [9.17, 15) is 8.42 Å². The zero-order chi connectivity index (χ0) is 18.4. The fourth-order valence-corrected chi connectivity index (χ4v) is 4.41. The first kappa shape index (κ1) is 17.7. The molecular formula is C18H17ClN2O3S. The van der Waals surface area contributed by atoms with Gasteiger partial charge in [-0.3, -0.25) is 0 Å². The molecule has 0 saturated heterocycles. The second-order valence-electron chi connectivity index (χ2n) is 6.81. The molecule has 3 aromatic rings. The van der Waals surface area contributed by atoms with Crippen molar-refractivity contribution in [2.45, 2.75) is 43.3 Å². The van der Waals surface area contributed by atoms with E-state index in [1.807, 2.05) is 20.8 Å². The Kier molecular flexibility index (Phi) is 4.26. The van der Waals surface area contributed by atoms with Crippen LogP contribution in [0.1, 0.15) is 44.5 Å². The van der Waals surface area contributed by atoms with Gasteiger partial charge in [0.15, 0.2) is 15.4 Å². The Morgan fingerprint density at radius 1 is 1.24 bits per heavy atom. The van der Waals surface area contributed by atoms with Gasteiger partial charge in [0.2, 0.25) is 5.89 Å². The van der Waals surface area contributed by atoms with E-state index in [2.05, 4.69) is 22.2 Å². The van der Waals surface area contributed by atoms with E-state index in [1.54, 1.807) is 25.1 Å². The van der Waals surface area contributed by atoms with Gasteiger partial charge >= 0.3 is 0 Å². The molecule has 0 fully saturated rings. The van der Waals surface area contributed by atoms with Crippen LogP contribution < -0.4 is 0 Å². The van der Waals surface area contributed by atoms with Gasteiger partial charge in [0.1, 0.15) is 15.7 Å². The molecule has 0 saturated carbocycles. The smallest absolute Gasteiger partial charge is 0.200 e. The summed E-state index contributed by atoms with van der Waals surface area (Å²) in [5, 5.41) is -0.813. The van der Waals surface area contributed by atoms with Crippen LogP contribution in [0.3, 0.4) is 0 Å². The third-order valence-electron chi connectivity index (χ3n) is 3.86. The summed E-state index contributed by atoms with van der Waals surface area (Å²) < 4.78 is 32.2. The number of aromatic nitrogens is 2. The lowest BCUT2D eigenvalue weighted by atomic mass is 9.97. The zero-order valence-electron chi connectivity index (χ0n) is 14.3. The third-order valence-corrected chi connectivity index (χ3v) is 6.43. The Hall–Kier alpha value is -2.10. The number of halogens is 1. The SMILES string of the molecule is CC(c1ccc#cn1)S(=O)(=O)c1c(Cl)ccc2nc(C(C)(C)C)oc12. The van der Waals surface area contributed by atoms with Crippen molar-refractivity contribution in [2.24, 2.45) is 0 Å². The van der Waals surface area contributed by atoms with Gasteiger partial charge in [0.05, 0.1) is 10.7 Å². The van der Waals surface area contributed by atoms with Gasteiger partial charge in [0.25, 0.3) is 0 Å². The lowest BCUT2D eigenvalue weighted by molar-refractivity contribution is 0.408. The van der Waals surface area contributed by atoms with Crippen molar-refractivity contribution in [1.82, 2.24) is 9.97 Å². The molecule has 0 spiro atoms. The van der Waals surface area contributed by atoms with Crippen LogP contribution in [0.15, 0.2) is 33.6 Å². The summed E-state index contributed by atoms with van der Waals surface area (Å²) in [5.74, 6) is 0.453. The first-order valence-electron chi connectivity index (χ1n) is 7.70. The fourth-order valence-electron chi connectivity index (χ4n) is 2.39. The highest BCUT2D eigenvalue weighted by Gasteiger charge is 2.33. The molecule has 1 unspecified atom stereocenters. The number of hydrogen-bond acceptors (Lipinski definition) is 5. The summed E-state index contributed by atoms with van der Waals surface area (Å²) >= 11 is 6.24. The van der Waals surface area contributed by atoms with Crippen LogP contribution in [0, 0.1) is 12.3 Å². The molecule has 1 atom stereocenters. The van der Waals surface area contributed by atoms with Crippen LogP contribution in [0.4, 0.5) is 0 Å². The largest absolute Gasteiger partial charge is 0.439 e. The van der Waals surface area contributed by atoms with Crippen molar-refractivity contribution in [2.75, 3.05) is 0 Å². The predicted octanol–water partition coefficient (Wildman–Crippen LogP) is 4.31. The number of rotatable bonds is 3. The first-order chi connectivity index (χ1) is 11.6. The van der Waals surface area contributed by atoms with Crippen LogP contribution in [0.2, 0.25) is 5.02 Å². The Labute approximate surface area is 152 Å². The van der Waals surface area contributed by atoms with Crippen molar-refractivity contribution in [3.05, 3.63) is 53.1 Å². The Morgan fingerprint density at radius 2 is 1.96 bits per heavy atom. The van der Waals surface area contributed by atoms with Crippen molar-refractivity contribution in [3.8, 4) is 0 Å². The van der Waals surface area contributed by atoms with Gasteiger partial charge in [0, 0.05) is 11.6 Å². The number of hydrogen-bond donors (Lipinski definition) is 0. The highest BCUT2D eigenvalue weighted by Crippen LogP contribution is 2.38. The van der Waals surface area contributed by atoms with E-state index in [-0.39, 0.29) is 20.9 Å². The fraction of sp³-hybridized carbons (Fsp3) is 0.333. The van der Waals surface area contributed by atoms with E-state index in [0.29, 0.717) is 17.1 Å². The number of fused-ring (bicyclic) bond motifs is 1. The van der Waals surface area contributed by atoms with Crippen LogP contribution in [0.25, 0.3) is 11.1 Å². The molecule has 0 aliphatic carbocycles. The monoisotopic (exact) mass is 376 g/mol. The Balaban J connectivity index is 2.23. The molecule has 2 heterocycles. The summed E-state index contributed by atoms with van der Waals surface area (Å²) in [6.07, 6.45) is 2.53. The molecule has 5 nitrogen and oxygen atoms in total. The Morgan fingerprint density at radius 3 is 2.56 bits per heavy atom. The molecule has 2 aromatic heterocycles. The maximum Gasteiger partial charge on any atom is 0.200 e. The van der Waals surface area contributed by atoms with Gasteiger partial charge in [-0.25, -0.2) is 18.4 Å². The highest BCUT2D eigenvalue weighted by atomic mass is 35.5. The molecule has 0 N–H and O–H groups in total. The summed E-state index contributed by atoms with van der Waals surface area (Å²) in [5.41, 5.74) is 0.642. The molecule has 0 amide bonds. The number of benzene rings is 1. The van der Waals surface area contributed by atoms with Crippen molar-refractivity contribution < 1.29 is 12.8 Å². The molecule has 25 heavy (non-hydrogen) atoms. The summed E-state index contributed by atoms with van der Waals surface area (Å²) in [7, 11) is -3.84. The van der Waals surface area contributed by atoms with Crippen molar-refractivity contribution in [1.29, 1.82) is 0 Å². The van der Waals surface area contributed by atoms with Gasteiger partial charge < -0.3 is 4.42 Å². The molecule has 1 aromatic carbocycles. The summed E-state index contributed by atoms with van der Waals surface area (Å²) in [4.78, 5) is 8.33. The first-order valence-corrected chi connectivity index (χ1v) is 9.63. The molecule has 0 bridgehead atoms. The molecule has 130 valence electrons. The molecule has 7 heteroatoms. The minimum Gasteiger partial charge on any atom is -0.439 e. The second-order valence-corrected chi connectivity index (χ2v) is 9.42. The molecule has 3 rings (SSSR count). The minimum atomic E-state index is -3.84. The maximum absolute atomic E-state index is 13.2. The molecule has 0 aliphatic heterocycles. The standard InChI is InChI=1S/C18H17ClN2O3S/c1-11(13-7-5-6-10-20-13)25(22,23)16-12(19)8-9-14-15(16)24-17(21-14)18(2,3)4/h5,7-9,11H,1-4H3. The topological polar surface area (TPSA) is 73.1 Å². The van der Waals surface area contributed by atoms with Crippen molar-refractivity contribution >= 4 is 32.5 Å². The van der Waals surface area contributed by atoms with Crippen LogP contribution in [-0.2, 0) is 15.3 Å².